The Morgan fingerprint density at radius 1 is 1.33 bits per heavy atom. The summed E-state index contributed by atoms with van der Waals surface area (Å²) in [4.78, 5) is 28.9. The number of aromatic nitrogens is 1. The van der Waals surface area contributed by atoms with E-state index in [-0.39, 0.29) is 11.6 Å². The Morgan fingerprint density at radius 3 is 2.81 bits per heavy atom. The predicted octanol–water partition coefficient (Wildman–Crippen LogP) is 2.02. The van der Waals surface area contributed by atoms with Crippen molar-refractivity contribution in [2.45, 2.75) is 12.8 Å². The van der Waals surface area contributed by atoms with Crippen LogP contribution in [0.2, 0.25) is 0 Å². The highest BCUT2D eigenvalue weighted by Gasteiger charge is 2.20. The Morgan fingerprint density at radius 2 is 2.10 bits per heavy atom. The lowest BCUT2D eigenvalue weighted by Crippen LogP contribution is -2.37. The van der Waals surface area contributed by atoms with E-state index in [0.717, 1.165) is 16.7 Å². The minimum Gasteiger partial charge on any atom is -0.497 e. The number of fused-ring (bicyclic) bond motifs is 1. The average molecular weight is 286 g/mol. The first-order valence-electron chi connectivity index (χ1n) is 7.10. The fourth-order valence-corrected chi connectivity index (χ4v) is 2.71. The molecule has 1 aromatic heterocycles. The average Bonchev–Trinajstić information content (AvgIpc) is 2.92. The molecule has 5 heteroatoms. The maximum Gasteiger partial charge on any atom is 0.178 e. The normalized spacial score (nSPS) is 16.3. The molecule has 0 unspecified atom stereocenters. The van der Waals surface area contributed by atoms with Crippen molar-refractivity contribution in [3.63, 3.8) is 0 Å². The van der Waals surface area contributed by atoms with Gasteiger partial charge in [-0.25, -0.2) is 0 Å². The van der Waals surface area contributed by atoms with Gasteiger partial charge in [0.05, 0.1) is 13.7 Å². The van der Waals surface area contributed by atoms with Gasteiger partial charge in [0.25, 0.3) is 0 Å². The molecule has 0 radical (unpaired) electrons. The molecule has 1 saturated heterocycles. The Hall–Kier alpha value is -2.14. The molecule has 21 heavy (non-hydrogen) atoms. The second-order valence-corrected chi connectivity index (χ2v) is 5.35. The number of H-pyrrole nitrogens is 1. The minimum atomic E-state index is 0.0730. The zero-order chi connectivity index (χ0) is 14.8. The SMILES string of the molecule is COc1ccc2[nH]cc(C(=O)CN3CCC(=O)CC3)c2c1. The van der Waals surface area contributed by atoms with Crippen molar-refractivity contribution in [3.8, 4) is 5.75 Å². The number of carbonyl (C=O) groups excluding carboxylic acids is 2. The molecule has 1 N–H and O–H groups in total. The number of carbonyl (C=O) groups is 2. The summed E-state index contributed by atoms with van der Waals surface area (Å²) >= 11 is 0. The Labute approximate surface area is 122 Å². The first kappa shape index (κ1) is 13.8. The summed E-state index contributed by atoms with van der Waals surface area (Å²) in [6, 6.07) is 5.65. The molecule has 3 rings (SSSR count). The molecule has 0 bridgehead atoms. The molecule has 0 atom stereocenters. The number of hydrogen-bond acceptors (Lipinski definition) is 4. The second-order valence-electron chi connectivity index (χ2n) is 5.35. The molecule has 5 nitrogen and oxygen atoms in total. The van der Waals surface area contributed by atoms with Crippen LogP contribution in [0, 0.1) is 0 Å². The van der Waals surface area contributed by atoms with Gasteiger partial charge in [0.1, 0.15) is 11.5 Å². The molecule has 1 aliphatic rings. The second kappa shape index (κ2) is 5.69. The fourth-order valence-electron chi connectivity index (χ4n) is 2.71. The molecule has 110 valence electrons. The van der Waals surface area contributed by atoms with Crippen molar-refractivity contribution >= 4 is 22.5 Å². The lowest BCUT2D eigenvalue weighted by molar-refractivity contribution is -0.121. The van der Waals surface area contributed by atoms with Crippen LogP contribution in [0.25, 0.3) is 10.9 Å². The van der Waals surface area contributed by atoms with Crippen LogP contribution in [-0.4, -0.2) is 48.2 Å². The van der Waals surface area contributed by atoms with Crippen LogP contribution in [-0.2, 0) is 4.79 Å². The van der Waals surface area contributed by atoms with Gasteiger partial charge < -0.3 is 9.72 Å². The van der Waals surface area contributed by atoms with Crippen LogP contribution in [0.3, 0.4) is 0 Å². The maximum absolute atomic E-state index is 12.5. The number of benzene rings is 1. The summed E-state index contributed by atoms with van der Waals surface area (Å²) in [5.74, 6) is 1.10. The van der Waals surface area contributed by atoms with E-state index in [4.69, 9.17) is 4.74 Å². The quantitative estimate of drug-likeness (QED) is 0.874. The van der Waals surface area contributed by atoms with Gasteiger partial charge in [-0.15, -0.1) is 0 Å². The van der Waals surface area contributed by atoms with Crippen molar-refractivity contribution in [2.24, 2.45) is 0 Å². The number of ether oxygens (including phenoxy) is 1. The molecule has 0 spiro atoms. The number of likely N-dealkylation sites (tertiary alicyclic amines) is 1. The van der Waals surface area contributed by atoms with Gasteiger partial charge in [0.2, 0.25) is 0 Å². The third-order valence-electron chi connectivity index (χ3n) is 3.97. The van der Waals surface area contributed by atoms with E-state index in [0.29, 0.717) is 38.0 Å². The number of ketones is 2. The molecule has 2 aromatic rings. The molecule has 0 amide bonds. The zero-order valence-electron chi connectivity index (χ0n) is 12.0. The van der Waals surface area contributed by atoms with Crippen LogP contribution in [0.15, 0.2) is 24.4 Å². The van der Waals surface area contributed by atoms with Gasteiger partial charge in [0.15, 0.2) is 5.78 Å². The van der Waals surface area contributed by atoms with E-state index in [1.807, 2.05) is 23.1 Å². The van der Waals surface area contributed by atoms with Crippen LogP contribution in [0.4, 0.5) is 0 Å². The van der Waals surface area contributed by atoms with Crippen LogP contribution in [0.5, 0.6) is 5.75 Å². The number of aromatic amines is 1. The first-order chi connectivity index (χ1) is 10.2. The molecular weight excluding hydrogens is 268 g/mol. The van der Waals surface area contributed by atoms with E-state index in [1.54, 1.807) is 13.3 Å². The topological polar surface area (TPSA) is 62.4 Å². The van der Waals surface area contributed by atoms with Crippen molar-refractivity contribution in [2.75, 3.05) is 26.7 Å². The molecule has 1 aliphatic heterocycles. The third kappa shape index (κ3) is 2.83. The van der Waals surface area contributed by atoms with Crippen LogP contribution < -0.4 is 4.74 Å². The number of piperidine rings is 1. The molecule has 1 fully saturated rings. The largest absolute Gasteiger partial charge is 0.497 e. The summed E-state index contributed by atoms with van der Waals surface area (Å²) in [6.07, 6.45) is 2.85. The number of rotatable bonds is 4. The van der Waals surface area contributed by atoms with Gasteiger partial charge in [0, 0.05) is 48.6 Å². The molecular formula is C16H18N2O3. The van der Waals surface area contributed by atoms with Crippen LogP contribution >= 0.6 is 0 Å². The Kier molecular flexibility index (Phi) is 3.75. The lowest BCUT2D eigenvalue weighted by Gasteiger charge is -2.24. The number of methoxy groups -OCH3 is 1. The number of nitrogens with one attached hydrogen (secondary N) is 1. The van der Waals surface area contributed by atoms with Gasteiger partial charge >= 0.3 is 0 Å². The summed E-state index contributed by atoms with van der Waals surface area (Å²) in [5, 5.41) is 0.882. The predicted molar refractivity (Wildman–Crippen MR) is 79.9 cm³/mol. The van der Waals surface area contributed by atoms with Crippen molar-refractivity contribution in [1.82, 2.24) is 9.88 Å². The highest BCUT2D eigenvalue weighted by Crippen LogP contribution is 2.24. The summed E-state index contributed by atoms with van der Waals surface area (Å²) < 4.78 is 5.22. The van der Waals surface area contributed by atoms with E-state index >= 15 is 0 Å². The maximum atomic E-state index is 12.5. The Bertz CT molecular complexity index is 680. The standard InChI is InChI=1S/C16H18N2O3/c1-21-12-2-3-15-13(8-12)14(9-17-15)16(20)10-18-6-4-11(19)5-7-18/h2-3,8-9,17H,4-7,10H2,1H3. The highest BCUT2D eigenvalue weighted by atomic mass is 16.5. The van der Waals surface area contributed by atoms with Crippen molar-refractivity contribution in [3.05, 3.63) is 30.0 Å². The van der Waals surface area contributed by atoms with Gasteiger partial charge in [-0.3, -0.25) is 14.5 Å². The van der Waals surface area contributed by atoms with Crippen LogP contribution in [0.1, 0.15) is 23.2 Å². The zero-order valence-corrected chi connectivity index (χ0v) is 12.0. The number of nitrogens with zero attached hydrogens (tertiary/aromatic N) is 1. The van der Waals surface area contributed by atoms with Gasteiger partial charge in [-0.2, -0.15) is 0 Å². The third-order valence-corrected chi connectivity index (χ3v) is 3.97. The summed E-state index contributed by atoms with van der Waals surface area (Å²) in [5.41, 5.74) is 1.61. The van der Waals surface area contributed by atoms with E-state index < -0.39 is 0 Å². The molecule has 0 aliphatic carbocycles. The molecule has 2 heterocycles. The monoisotopic (exact) mass is 286 g/mol. The number of Topliss-reactive ketones (excluding diaryl/α,β-unsaturated/α-hetero) is 2. The van der Waals surface area contributed by atoms with E-state index in [2.05, 4.69) is 4.98 Å². The van der Waals surface area contributed by atoms with E-state index in [1.165, 1.54) is 0 Å². The molecule has 0 saturated carbocycles. The van der Waals surface area contributed by atoms with Gasteiger partial charge in [-0.05, 0) is 18.2 Å². The van der Waals surface area contributed by atoms with Crippen molar-refractivity contribution in [1.29, 1.82) is 0 Å². The fraction of sp³-hybridized carbons (Fsp3) is 0.375. The van der Waals surface area contributed by atoms with Gasteiger partial charge in [-0.1, -0.05) is 0 Å². The summed E-state index contributed by atoms with van der Waals surface area (Å²) in [7, 11) is 1.61. The first-order valence-corrected chi connectivity index (χ1v) is 7.10. The minimum absolute atomic E-state index is 0.0730. The van der Waals surface area contributed by atoms with Crippen molar-refractivity contribution < 1.29 is 14.3 Å². The number of hydrogen-bond donors (Lipinski definition) is 1. The highest BCUT2D eigenvalue weighted by molar-refractivity contribution is 6.09. The Balaban J connectivity index is 1.79. The van der Waals surface area contributed by atoms with E-state index in [9.17, 15) is 9.59 Å². The molecule has 1 aromatic carbocycles. The lowest BCUT2D eigenvalue weighted by atomic mass is 10.1. The smallest absolute Gasteiger partial charge is 0.178 e. The summed E-state index contributed by atoms with van der Waals surface area (Å²) in [6.45, 7) is 1.71.